The van der Waals surface area contributed by atoms with E-state index in [2.05, 4.69) is 49.0 Å². The van der Waals surface area contributed by atoms with Gasteiger partial charge in [0.1, 0.15) is 5.82 Å². The van der Waals surface area contributed by atoms with E-state index in [-0.39, 0.29) is 6.04 Å². The molecule has 0 radical (unpaired) electrons. The van der Waals surface area contributed by atoms with Crippen LogP contribution in [0.1, 0.15) is 44.6 Å². The fourth-order valence-corrected chi connectivity index (χ4v) is 5.06. The second kappa shape index (κ2) is 11.0. The quantitative estimate of drug-likeness (QED) is 0.555. The number of aliphatic imine (C=N–C) groups is 1. The zero-order chi connectivity index (χ0) is 22.3. The number of anilines is 1. The highest BCUT2D eigenvalue weighted by Gasteiger charge is 2.30. The highest BCUT2D eigenvalue weighted by atomic mass is 16.2. The molecule has 0 aliphatic carbocycles. The highest BCUT2D eigenvalue weighted by Crippen LogP contribution is 2.18. The summed E-state index contributed by atoms with van der Waals surface area (Å²) in [5, 5.41) is 3.53. The van der Waals surface area contributed by atoms with Crippen LogP contribution in [0.25, 0.3) is 0 Å². The molecule has 3 aliphatic heterocycles. The number of rotatable bonds is 5. The number of carbonyl (C=O) groups excluding carboxylic acids is 1. The van der Waals surface area contributed by atoms with Gasteiger partial charge < -0.3 is 20.0 Å². The number of carbonyl (C=O) groups is 1. The number of nitrogens with zero attached hydrogens (tertiary/aromatic N) is 6. The smallest absolute Gasteiger partial charge is 0.239 e. The minimum atomic E-state index is -0.0322. The van der Waals surface area contributed by atoms with Crippen LogP contribution in [-0.2, 0) is 11.3 Å². The first-order chi connectivity index (χ1) is 15.7. The molecule has 32 heavy (non-hydrogen) atoms. The molecule has 8 heteroatoms. The van der Waals surface area contributed by atoms with Crippen molar-refractivity contribution in [1.82, 2.24) is 25.0 Å². The Morgan fingerprint density at radius 2 is 1.69 bits per heavy atom. The Hall–Kier alpha value is -2.35. The maximum Gasteiger partial charge on any atom is 0.239 e. The van der Waals surface area contributed by atoms with Crippen molar-refractivity contribution in [1.29, 1.82) is 0 Å². The topological polar surface area (TPSA) is 67.3 Å². The number of piperidine rings is 1. The lowest BCUT2D eigenvalue weighted by molar-refractivity contribution is -0.135. The number of amides is 1. The molecular weight excluding hydrogens is 402 g/mol. The van der Waals surface area contributed by atoms with Crippen LogP contribution >= 0.6 is 0 Å². The van der Waals surface area contributed by atoms with Crippen LogP contribution < -0.4 is 10.2 Å². The normalized spacial score (nSPS) is 21.7. The number of aromatic nitrogens is 1. The van der Waals surface area contributed by atoms with Gasteiger partial charge in [0, 0.05) is 72.1 Å². The van der Waals surface area contributed by atoms with Gasteiger partial charge in [-0.15, -0.1) is 0 Å². The number of pyridine rings is 1. The number of hydrogen-bond acceptors (Lipinski definition) is 5. The van der Waals surface area contributed by atoms with Crippen LogP contribution in [0.5, 0.6) is 0 Å². The predicted molar refractivity (Wildman–Crippen MR) is 129 cm³/mol. The number of piperazine rings is 1. The molecule has 4 heterocycles. The largest absolute Gasteiger partial charge is 0.357 e. The summed E-state index contributed by atoms with van der Waals surface area (Å²) in [4.78, 5) is 30.9. The van der Waals surface area contributed by atoms with Crippen LogP contribution in [0.3, 0.4) is 0 Å². The summed E-state index contributed by atoms with van der Waals surface area (Å²) in [5.41, 5.74) is 1.23. The molecule has 8 nitrogen and oxygen atoms in total. The molecule has 3 saturated heterocycles. The van der Waals surface area contributed by atoms with E-state index in [1.165, 1.54) is 24.8 Å². The van der Waals surface area contributed by atoms with E-state index in [0.717, 1.165) is 83.5 Å². The molecule has 1 atom stereocenters. The van der Waals surface area contributed by atoms with E-state index >= 15 is 0 Å². The molecule has 0 bridgehead atoms. The lowest BCUT2D eigenvalue weighted by atomic mass is 10.1. The van der Waals surface area contributed by atoms with E-state index in [9.17, 15) is 4.79 Å². The maximum absolute atomic E-state index is 12.7. The summed E-state index contributed by atoms with van der Waals surface area (Å²) in [7, 11) is 1.85. The minimum absolute atomic E-state index is 0.0322. The summed E-state index contributed by atoms with van der Waals surface area (Å²) in [6.45, 7) is 10.4. The number of nitrogens with one attached hydrogen (secondary N) is 1. The van der Waals surface area contributed by atoms with Gasteiger partial charge in [-0.05, 0) is 56.7 Å². The molecule has 1 N–H and O–H groups in total. The van der Waals surface area contributed by atoms with Crippen molar-refractivity contribution in [3.63, 3.8) is 0 Å². The first-order valence-electron chi connectivity index (χ1n) is 12.3. The number of likely N-dealkylation sites (tertiary alicyclic amines) is 1. The Balaban J connectivity index is 1.26. The minimum Gasteiger partial charge on any atom is -0.357 e. The van der Waals surface area contributed by atoms with Gasteiger partial charge in [0.15, 0.2) is 5.96 Å². The predicted octanol–water partition coefficient (Wildman–Crippen LogP) is 1.78. The monoisotopic (exact) mass is 441 g/mol. The van der Waals surface area contributed by atoms with Gasteiger partial charge in [-0.3, -0.25) is 14.7 Å². The molecule has 1 aromatic heterocycles. The van der Waals surface area contributed by atoms with E-state index in [1.54, 1.807) is 0 Å². The highest BCUT2D eigenvalue weighted by molar-refractivity contribution is 5.82. The van der Waals surface area contributed by atoms with E-state index in [0.29, 0.717) is 5.91 Å². The third kappa shape index (κ3) is 5.52. The van der Waals surface area contributed by atoms with Crippen molar-refractivity contribution in [2.45, 2.75) is 51.6 Å². The fraction of sp³-hybridized carbons (Fsp3) is 0.708. The van der Waals surface area contributed by atoms with Gasteiger partial charge in [-0.1, -0.05) is 0 Å². The molecule has 0 aromatic carbocycles. The lowest BCUT2D eigenvalue weighted by Gasteiger charge is -2.39. The van der Waals surface area contributed by atoms with Crippen LogP contribution in [0, 0.1) is 0 Å². The van der Waals surface area contributed by atoms with Gasteiger partial charge >= 0.3 is 0 Å². The van der Waals surface area contributed by atoms with Crippen molar-refractivity contribution < 1.29 is 4.79 Å². The molecule has 3 fully saturated rings. The van der Waals surface area contributed by atoms with E-state index in [4.69, 9.17) is 0 Å². The second-order valence-corrected chi connectivity index (χ2v) is 9.20. The van der Waals surface area contributed by atoms with Gasteiger partial charge in [0.05, 0.1) is 6.04 Å². The van der Waals surface area contributed by atoms with Crippen LogP contribution in [0.2, 0.25) is 0 Å². The first-order valence-corrected chi connectivity index (χ1v) is 12.3. The summed E-state index contributed by atoms with van der Waals surface area (Å²) < 4.78 is 0. The molecule has 1 aromatic rings. The van der Waals surface area contributed by atoms with Crippen molar-refractivity contribution in [3.8, 4) is 0 Å². The molecular formula is C24H39N7O. The van der Waals surface area contributed by atoms with E-state index < -0.39 is 0 Å². The molecule has 1 amide bonds. The molecule has 1 unspecified atom stereocenters. The number of guanidine groups is 1. The standard InChI is InChI=1S/C24H39N7O/c1-20(23(32)30-12-6-7-13-30)28-14-16-31(17-15-28)24(25-2)27-19-21-8-9-26-22(18-21)29-10-4-3-5-11-29/h8-9,18,20H,3-7,10-17,19H2,1-2H3,(H,25,27). The van der Waals surface area contributed by atoms with Gasteiger partial charge in [0.25, 0.3) is 0 Å². The number of hydrogen-bond donors (Lipinski definition) is 1. The Bertz CT molecular complexity index is 778. The van der Waals surface area contributed by atoms with Crippen LogP contribution in [0.15, 0.2) is 23.3 Å². The average Bonchev–Trinajstić information content (AvgIpc) is 3.40. The van der Waals surface area contributed by atoms with Crippen LogP contribution in [-0.4, -0.2) is 97.0 Å². The SMILES string of the molecule is CN=C(NCc1ccnc(N2CCCCC2)c1)N1CCN(C(C)C(=O)N2CCCC2)CC1. The molecule has 4 rings (SSSR count). The van der Waals surface area contributed by atoms with Crippen molar-refractivity contribution >= 4 is 17.7 Å². The molecule has 3 aliphatic rings. The molecule has 0 saturated carbocycles. The van der Waals surface area contributed by atoms with E-state index in [1.807, 2.05) is 18.1 Å². The Kier molecular flexibility index (Phi) is 7.84. The van der Waals surface area contributed by atoms with Gasteiger partial charge in [0.2, 0.25) is 5.91 Å². The third-order valence-electron chi connectivity index (χ3n) is 7.09. The van der Waals surface area contributed by atoms with Crippen LogP contribution in [0.4, 0.5) is 5.82 Å². The summed E-state index contributed by atoms with van der Waals surface area (Å²) in [6.07, 6.45) is 8.04. The Labute approximate surface area is 192 Å². The van der Waals surface area contributed by atoms with Crippen molar-refractivity contribution in [3.05, 3.63) is 23.9 Å². The Morgan fingerprint density at radius 3 is 2.38 bits per heavy atom. The average molecular weight is 442 g/mol. The Morgan fingerprint density at radius 1 is 1.00 bits per heavy atom. The lowest BCUT2D eigenvalue weighted by Crippen LogP contribution is -2.57. The summed E-state index contributed by atoms with van der Waals surface area (Å²) in [6, 6.07) is 4.25. The second-order valence-electron chi connectivity index (χ2n) is 9.20. The van der Waals surface area contributed by atoms with Crippen molar-refractivity contribution in [2.75, 3.05) is 64.3 Å². The zero-order valence-electron chi connectivity index (χ0n) is 19.8. The molecule has 176 valence electrons. The molecule has 0 spiro atoms. The maximum atomic E-state index is 12.7. The van der Waals surface area contributed by atoms with Gasteiger partial charge in [-0.2, -0.15) is 0 Å². The van der Waals surface area contributed by atoms with Crippen molar-refractivity contribution in [2.24, 2.45) is 4.99 Å². The summed E-state index contributed by atoms with van der Waals surface area (Å²) >= 11 is 0. The zero-order valence-corrected chi connectivity index (χ0v) is 19.8. The van der Waals surface area contributed by atoms with Gasteiger partial charge in [-0.25, -0.2) is 4.98 Å². The fourth-order valence-electron chi connectivity index (χ4n) is 5.06. The summed E-state index contributed by atoms with van der Waals surface area (Å²) in [5.74, 6) is 2.31. The first kappa shape index (κ1) is 22.8. The third-order valence-corrected chi connectivity index (χ3v) is 7.09.